The van der Waals surface area contributed by atoms with Crippen LogP contribution in [0.25, 0.3) is 0 Å². The van der Waals surface area contributed by atoms with Gasteiger partial charge in [-0.25, -0.2) is 0 Å². The standard InChI is InChI=1S/C12H15N3OS/c1-12(9-16,11-8-13-4-5-14-11)15-7-10-3-2-6-17-10/h2-6,8,15-16H,7,9H2,1H3. The lowest BCUT2D eigenvalue weighted by molar-refractivity contribution is 0.170. The molecule has 0 aliphatic rings. The van der Waals surface area contributed by atoms with E-state index >= 15 is 0 Å². The average Bonchev–Trinajstić information content (AvgIpc) is 2.90. The van der Waals surface area contributed by atoms with Gasteiger partial charge in [-0.2, -0.15) is 0 Å². The average molecular weight is 249 g/mol. The van der Waals surface area contributed by atoms with Gasteiger partial charge in [-0.3, -0.25) is 15.3 Å². The van der Waals surface area contributed by atoms with Gasteiger partial charge in [0.2, 0.25) is 0 Å². The van der Waals surface area contributed by atoms with Crippen molar-refractivity contribution in [3.63, 3.8) is 0 Å². The smallest absolute Gasteiger partial charge is 0.0832 e. The zero-order valence-corrected chi connectivity index (χ0v) is 10.4. The van der Waals surface area contributed by atoms with Gasteiger partial charge < -0.3 is 5.11 Å². The molecule has 0 bridgehead atoms. The van der Waals surface area contributed by atoms with Crippen molar-refractivity contribution in [1.82, 2.24) is 15.3 Å². The number of hydrogen-bond acceptors (Lipinski definition) is 5. The molecule has 5 heteroatoms. The van der Waals surface area contributed by atoms with Crippen molar-refractivity contribution < 1.29 is 5.11 Å². The van der Waals surface area contributed by atoms with Crippen LogP contribution in [-0.2, 0) is 12.1 Å². The van der Waals surface area contributed by atoms with Crippen LogP contribution in [0.15, 0.2) is 36.1 Å². The first-order valence-corrected chi connectivity index (χ1v) is 6.27. The van der Waals surface area contributed by atoms with E-state index in [2.05, 4.69) is 21.4 Å². The van der Waals surface area contributed by atoms with Gasteiger partial charge in [0.05, 0.1) is 24.0 Å². The largest absolute Gasteiger partial charge is 0.394 e. The molecule has 0 amide bonds. The summed E-state index contributed by atoms with van der Waals surface area (Å²) in [7, 11) is 0. The van der Waals surface area contributed by atoms with Crippen LogP contribution in [0.4, 0.5) is 0 Å². The predicted octanol–water partition coefficient (Wildman–Crippen LogP) is 1.54. The molecule has 0 saturated carbocycles. The van der Waals surface area contributed by atoms with E-state index in [0.717, 1.165) is 5.69 Å². The van der Waals surface area contributed by atoms with Crippen LogP contribution in [0.2, 0.25) is 0 Å². The molecule has 2 N–H and O–H groups in total. The number of aliphatic hydroxyl groups is 1. The van der Waals surface area contributed by atoms with Gasteiger partial charge in [-0.15, -0.1) is 11.3 Å². The summed E-state index contributed by atoms with van der Waals surface area (Å²) >= 11 is 1.69. The summed E-state index contributed by atoms with van der Waals surface area (Å²) < 4.78 is 0. The fraction of sp³-hybridized carbons (Fsp3) is 0.333. The Morgan fingerprint density at radius 3 is 2.94 bits per heavy atom. The molecule has 2 aromatic heterocycles. The Hall–Kier alpha value is -1.30. The summed E-state index contributed by atoms with van der Waals surface area (Å²) in [5.74, 6) is 0. The number of nitrogens with one attached hydrogen (secondary N) is 1. The van der Waals surface area contributed by atoms with Crippen molar-refractivity contribution in [2.45, 2.75) is 19.0 Å². The Labute approximate surface area is 104 Å². The Balaban J connectivity index is 2.09. The first-order chi connectivity index (χ1) is 8.24. The van der Waals surface area contributed by atoms with Crippen LogP contribution in [0.5, 0.6) is 0 Å². The second-order valence-electron chi connectivity index (χ2n) is 4.01. The highest BCUT2D eigenvalue weighted by Crippen LogP contribution is 2.18. The number of aliphatic hydroxyl groups excluding tert-OH is 1. The maximum atomic E-state index is 9.54. The minimum absolute atomic E-state index is 0.0168. The number of thiophene rings is 1. The van der Waals surface area contributed by atoms with Crippen molar-refractivity contribution in [2.24, 2.45) is 0 Å². The summed E-state index contributed by atoms with van der Waals surface area (Å²) in [5, 5.41) is 14.9. The highest BCUT2D eigenvalue weighted by molar-refractivity contribution is 7.09. The number of hydrogen-bond donors (Lipinski definition) is 2. The summed E-state index contributed by atoms with van der Waals surface area (Å²) in [6.07, 6.45) is 4.94. The Morgan fingerprint density at radius 1 is 1.47 bits per heavy atom. The Morgan fingerprint density at radius 2 is 2.35 bits per heavy atom. The van der Waals surface area contributed by atoms with Gasteiger partial charge >= 0.3 is 0 Å². The second-order valence-corrected chi connectivity index (χ2v) is 5.05. The van der Waals surface area contributed by atoms with E-state index in [-0.39, 0.29) is 6.61 Å². The highest BCUT2D eigenvalue weighted by atomic mass is 32.1. The molecular formula is C12H15N3OS. The van der Waals surface area contributed by atoms with E-state index in [1.54, 1.807) is 29.9 Å². The van der Waals surface area contributed by atoms with Crippen LogP contribution < -0.4 is 5.32 Å². The Kier molecular flexibility index (Phi) is 3.83. The molecule has 0 radical (unpaired) electrons. The zero-order valence-electron chi connectivity index (χ0n) is 9.63. The molecule has 0 saturated heterocycles. The van der Waals surface area contributed by atoms with Gasteiger partial charge in [0, 0.05) is 23.8 Å². The lowest BCUT2D eigenvalue weighted by Crippen LogP contribution is -2.43. The van der Waals surface area contributed by atoms with Gasteiger partial charge in [0.1, 0.15) is 0 Å². The van der Waals surface area contributed by atoms with Crippen molar-refractivity contribution in [3.8, 4) is 0 Å². The first kappa shape index (κ1) is 12.2. The molecule has 0 fully saturated rings. The molecule has 2 heterocycles. The third kappa shape index (κ3) is 2.88. The fourth-order valence-corrected chi connectivity index (χ4v) is 2.15. The topological polar surface area (TPSA) is 58.0 Å². The van der Waals surface area contributed by atoms with Crippen LogP contribution in [0.1, 0.15) is 17.5 Å². The summed E-state index contributed by atoms with van der Waals surface area (Å²) in [5.41, 5.74) is 0.192. The van der Waals surface area contributed by atoms with E-state index in [0.29, 0.717) is 6.54 Å². The highest BCUT2D eigenvalue weighted by Gasteiger charge is 2.26. The van der Waals surface area contributed by atoms with Crippen molar-refractivity contribution in [1.29, 1.82) is 0 Å². The molecule has 2 aromatic rings. The van der Waals surface area contributed by atoms with Crippen molar-refractivity contribution in [2.75, 3.05) is 6.61 Å². The third-order valence-electron chi connectivity index (χ3n) is 2.68. The maximum Gasteiger partial charge on any atom is 0.0832 e. The van der Waals surface area contributed by atoms with Crippen molar-refractivity contribution >= 4 is 11.3 Å². The number of rotatable bonds is 5. The predicted molar refractivity (Wildman–Crippen MR) is 67.6 cm³/mol. The molecule has 17 heavy (non-hydrogen) atoms. The lowest BCUT2D eigenvalue weighted by Gasteiger charge is -2.27. The molecule has 0 aliphatic heterocycles. The van der Waals surface area contributed by atoms with E-state index in [4.69, 9.17) is 0 Å². The second kappa shape index (κ2) is 5.35. The molecule has 0 aromatic carbocycles. The molecule has 2 rings (SSSR count). The van der Waals surface area contributed by atoms with E-state index in [1.165, 1.54) is 4.88 Å². The quantitative estimate of drug-likeness (QED) is 0.844. The third-order valence-corrected chi connectivity index (χ3v) is 3.55. The van der Waals surface area contributed by atoms with Crippen LogP contribution in [0, 0.1) is 0 Å². The SMILES string of the molecule is CC(CO)(NCc1cccs1)c1cnccn1. The van der Waals surface area contributed by atoms with Crippen LogP contribution in [0.3, 0.4) is 0 Å². The zero-order chi connectivity index (χ0) is 12.1. The molecule has 0 spiro atoms. The number of nitrogens with zero attached hydrogens (tertiary/aromatic N) is 2. The van der Waals surface area contributed by atoms with Gasteiger partial charge in [0.15, 0.2) is 0 Å². The monoisotopic (exact) mass is 249 g/mol. The minimum atomic E-state index is -0.557. The Bertz CT molecular complexity index is 446. The van der Waals surface area contributed by atoms with Gasteiger partial charge in [-0.1, -0.05) is 6.07 Å². The lowest BCUT2D eigenvalue weighted by atomic mass is 9.99. The molecule has 4 nitrogen and oxygen atoms in total. The van der Waals surface area contributed by atoms with Crippen LogP contribution in [-0.4, -0.2) is 21.7 Å². The minimum Gasteiger partial charge on any atom is -0.394 e. The summed E-state index contributed by atoms with van der Waals surface area (Å²) in [4.78, 5) is 9.50. The molecule has 1 unspecified atom stereocenters. The molecule has 1 atom stereocenters. The number of aromatic nitrogens is 2. The summed E-state index contributed by atoms with van der Waals surface area (Å²) in [6, 6.07) is 4.08. The van der Waals surface area contributed by atoms with E-state index < -0.39 is 5.54 Å². The first-order valence-electron chi connectivity index (χ1n) is 5.39. The summed E-state index contributed by atoms with van der Waals surface area (Å²) in [6.45, 7) is 2.62. The normalized spacial score (nSPS) is 14.5. The van der Waals surface area contributed by atoms with E-state index in [1.807, 2.05) is 18.4 Å². The molecule has 0 aliphatic carbocycles. The molecule has 90 valence electrons. The van der Waals surface area contributed by atoms with Gasteiger partial charge in [0.25, 0.3) is 0 Å². The molecular weight excluding hydrogens is 234 g/mol. The van der Waals surface area contributed by atoms with Gasteiger partial charge in [-0.05, 0) is 18.4 Å². The van der Waals surface area contributed by atoms with E-state index in [9.17, 15) is 5.11 Å². The van der Waals surface area contributed by atoms with Crippen LogP contribution >= 0.6 is 11.3 Å². The van der Waals surface area contributed by atoms with Crippen molar-refractivity contribution in [3.05, 3.63) is 46.7 Å². The fourth-order valence-electron chi connectivity index (χ4n) is 1.51. The maximum absolute atomic E-state index is 9.54.